The van der Waals surface area contributed by atoms with Gasteiger partial charge in [0.2, 0.25) is 5.91 Å². The van der Waals surface area contributed by atoms with Gasteiger partial charge in [0.15, 0.2) is 0 Å². The average molecular weight is 279 g/mol. The summed E-state index contributed by atoms with van der Waals surface area (Å²) < 4.78 is 1.54. The van der Waals surface area contributed by atoms with Crippen LogP contribution in [0.2, 0.25) is 0 Å². The van der Waals surface area contributed by atoms with E-state index in [0.29, 0.717) is 16.8 Å². The summed E-state index contributed by atoms with van der Waals surface area (Å²) in [5, 5.41) is 4.33. The number of nitrogens with zero attached hydrogens (tertiary/aromatic N) is 1. The smallest absolute Gasteiger partial charge is 0.328 e. The standard InChI is InChI=1S/C12H13N3O3S/c1-2-5-13-9(16)3-6-15-11(17)10-8(4-7-19-10)14-12(15)18/h2,4,7H,1,3,5-6H2,(H,13,16)(H,14,18). The predicted molar refractivity (Wildman–Crippen MR) is 74.5 cm³/mol. The van der Waals surface area contributed by atoms with Crippen molar-refractivity contribution in [3.8, 4) is 0 Å². The lowest BCUT2D eigenvalue weighted by atomic mass is 10.3. The fourth-order valence-electron chi connectivity index (χ4n) is 1.66. The van der Waals surface area contributed by atoms with E-state index in [2.05, 4.69) is 16.9 Å². The van der Waals surface area contributed by atoms with Crippen LogP contribution in [0.4, 0.5) is 0 Å². The maximum atomic E-state index is 12.0. The van der Waals surface area contributed by atoms with Crippen LogP contribution < -0.4 is 16.6 Å². The molecule has 6 nitrogen and oxygen atoms in total. The van der Waals surface area contributed by atoms with Crippen LogP contribution in [0.25, 0.3) is 10.2 Å². The van der Waals surface area contributed by atoms with E-state index in [1.54, 1.807) is 17.5 Å². The van der Waals surface area contributed by atoms with Crippen LogP contribution in [0.3, 0.4) is 0 Å². The number of H-pyrrole nitrogens is 1. The molecule has 0 saturated heterocycles. The van der Waals surface area contributed by atoms with E-state index >= 15 is 0 Å². The molecular weight excluding hydrogens is 266 g/mol. The van der Waals surface area contributed by atoms with Gasteiger partial charge >= 0.3 is 5.69 Å². The molecule has 0 unspecified atom stereocenters. The summed E-state index contributed by atoms with van der Waals surface area (Å²) >= 11 is 1.27. The van der Waals surface area contributed by atoms with Crippen molar-refractivity contribution in [2.45, 2.75) is 13.0 Å². The minimum absolute atomic E-state index is 0.0605. The van der Waals surface area contributed by atoms with Gasteiger partial charge in [-0.3, -0.25) is 14.2 Å². The van der Waals surface area contributed by atoms with E-state index in [1.807, 2.05) is 0 Å². The summed E-state index contributed by atoms with van der Waals surface area (Å²) in [6.45, 7) is 3.91. The first-order valence-electron chi connectivity index (χ1n) is 5.71. The molecular formula is C12H13N3O3S. The largest absolute Gasteiger partial charge is 0.353 e. The Morgan fingerprint density at radius 3 is 3.05 bits per heavy atom. The Morgan fingerprint density at radius 2 is 2.32 bits per heavy atom. The van der Waals surface area contributed by atoms with E-state index in [-0.39, 0.29) is 24.4 Å². The van der Waals surface area contributed by atoms with Gasteiger partial charge in [-0.1, -0.05) is 6.08 Å². The Labute approximate surface area is 112 Å². The average Bonchev–Trinajstić information content (AvgIpc) is 2.84. The molecule has 0 radical (unpaired) electrons. The van der Waals surface area contributed by atoms with Crippen LogP contribution in [0.5, 0.6) is 0 Å². The molecule has 2 heterocycles. The highest BCUT2D eigenvalue weighted by atomic mass is 32.1. The van der Waals surface area contributed by atoms with E-state index < -0.39 is 5.69 Å². The third-order valence-corrected chi connectivity index (χ3v) is 3.50. The fourth-order valence-corrected chi connectivity index (χ4v) is 2.46. The Kier molecular flexibility index (Phi) is 3.96. The molecule has 19 heavy (non-hydrogen) atoms. The second-order valence-corrected chi connectivity index (χ2v) is 4.81. The lowest BCUT2D eigenvalue weighted by molar-refractivity contribution is -0.121. The molecule has 2 N–H and O–H groups in total. The summed E-state index contributed by atoms with van der Waals surface area (Å²) in [6, 6.07) is 1.68. The minimum Gasteiger partial charge on any atom is -0.353 e. The highest BCUT2D eigenvalue weighted by Crippen LogP contribution is 2.11. The summed E-state index contributed by atoms with van der Waals surface area (Å²) in [5.41, 5.74) is -0.315. The predicted octanol–water partition coefficient (Wildman–Crippen LogP) is 0.444. The third kappa shape index (κ3) is 2.82. The molecule has 0 aliphatic rings. The summed E-state index contributed by atoms with van der Waals surface area (Å²) in [7, 11) is 0. The maximum Gasteiger partial charge on any atom is 0.328 e. The number of hydrogen-bond donors (Lipinski definition) is 2. The number of carbonyl (C=O) groups is 1. The zero-order valence-corrected chi connectivity index (χ0v) is 11.0. The normalized spacial score (nSPS) is 10.5. The zero-order chi connectivity index (χ0) is 13.8. The monoisotopic (exact) mass is 279 g/mol. The SMILES string of the molecule is C=CCNC(=O)CCn1c(=O)[nH]c2ccsc2c1=O. The van der Waals surface area contributed by atoms with E-state index in [4.69, 9.17) is 0 Å². The molecule has 0 bridgehead atoms. The molecule has 2 aromatic rings. The second kappa shape index (κ2) is 5.66. The van der Waals surface area contributed by atoms with Crippen LogP contribution in [-0.4, -0.2) is 22.0 Å². The zero-order valence-electron chi connectivity index (χ0n) is 10.1. The molecule has 1 amide bonds. The van der Waals surface area contributed by atoms with E-state index in [0.717, 1.165) is 4.57 Å². The highest BCUT2D eigenvalue weighted by Gasteiger charge is 2.09. The molecule has 7 heteroatoms. The number of aromatic amines is 1. The Bertz CT molecular complexity index is 726. The van der Waals surface area contributed by atoms with E-state index in [9.17, 15) is 14.4 Å². The quantitative estimate of drug-likeness (QED) is 0.779. The molecule has 0 atom stereocenters. The Hall–Kier alpha value is -2.15. The van der Waals surface area contributed by atoms with Crippen molar-refractivity contribution in [2.24, 2.45) is 0 Å². The maximum absolute atomic E-state index is 12.0. The molecule has 100 valence electrons. The van der Waals surface area contributed by atoms with Crippen molar-refractivity contribution in [2.75, 3.05) is 6.54 Å². The van der Waals surface area contributed by atoms with Gasteiger partial charge < -0.3 is 10.3 Å². The molecule has 2 rings (SSSR count). The molecule has 0 fully saturated rings. The molecule has 0 aromatic carbocycles. The molecule has 0 aliphatic heterocycles. The lowest BCUT2D eigenvalue weighted by Gasteiger charge is -2.05. The van der Waals surface area contributed by atoms with Crippen molar-refractivity contribution in [1.29, 1.82) is 0 Å². The number of aromatic nitrogens is 2. The number of carbonyl (C=O) groups excluding carboxylic acids is 1. The highest BCUT2D eigenvalue weighted by molar-refractivity contribution is 7.17. The van der Waals surface area contributed by atoms with Crippen molar-refractivity contribution < 1.29 is 4.79 Å². The summed E-state index contributed by atoms with van der Waals surface area (Å²) in [5.74, 6) is -0.225. The first-order valence-corrected chi connectivity index (χ1v) is 6.59. The number of thiophene rings is 1. The second-order valence-electron chi connectivity index (χ2n) is 3.89. The van der Waals surface area contributed by atoms with Gasteiger partial charge in [-0.2, -0.15) is 0 Å². The fraction of sp³-hybridized carbons (Fsp3) is 0.250. The minimum atomic E-state index is -0.493. The molecule has 0 saturated carbocycles. The topological polar surface area (TPSA) is 84.0 Å². The number of nitrogens with one attached hydrogen (secondary N) is 2. The molecule has 0 aliphatic carbocycles. The lowest BCUT2D eigenvalue weighted by Crippen LogP contribution is -2.36. The number of rotatable bonds is 5. The van der Waals surface area contributed by atoms with Gasteiger partial charge in [0.25, 0.3) is 5.56 Å². The molecule has 2 aromatic heterocycles. The van der Waals surface area contributed by atoms with Gasteiger partial charge in [0.1, 0.15) is 4.70 Å². The first-order chi connectivity index (χ1) is 9.13. The van der Waals surface area contributed by atoms with Gasteiger partial charge in [-0.15, -0.1) is 17.9 Å². The van der Waals surface area contributed by atoms with Gasteiger partial charge in [0.05, 0.1) is 5.52 Å². The number of amides is 1. The third-order valence-electron chi connectivity index (χ3n) is 2.60. The van der Waals surface area contributed by atoms with Gasteiger partial charge in [-0.25, -0.2) is 4.79 Å². The number of fused-ring (bicyclic) bond motifs is 1. The van der Waals surface area contributed by atoms with Crippen LogP contribution in [0.15, 0.2) is 33.7 Å². The van der Waals surface area contributed by atoms with Crippen molar-refractivity contribution in [3.05, 3.63) is 44.9 Å². The van der Waals surface area contributed by atoms with Crippen molar-refractivity contribution >= 4 is 27.5 Å². The van der Waals surface area contributed by atoms with Crippen molar-refractivity contribution in [3.63, 3.8) is 0 Å². The molecule has 0 spiro atoms. The van der Waals surface area contributed by atoms with Gasteiger partial charge in [0, 0.05) is 19.5 Å². The van der Waals surface area contributed by atoms with Crippen LogP contribution in [0.1, 0.15) is 6.42 Å². The van der Waals surface area contributed by atoms with Crippen LogP contribution >= 0.6 is 11.3 Å². The first kappa shape index (κ1) is 13.3. The Morgan fingerprint density at radius 1 is 1.53 bits per heavy atom. The summed E-state index contributed by atoms with van der Waals surface area (Å²) in [6.07, 6.45) is 1.64. The van der Waals surface area contributed by atoms with Crippen LogP contribution in [-0.2, 0) is 11.3 Å². The Balaban J connectivity index is 2.21. The van der Waals surface area contributed by atoms with Gasteiger partial charge in [-0.05, 0) is 11.4 Å². The number of hydrogen-bond acceptors (Lipinski definition) is 4. The summed E-state index contributed by atoms with van der Waals surface area (Å²) in [4.78, 5) is 37.8. The van der Waals surface area contributed by atoms with Crippen molar-refractivity contribution in [1.82, 2.24) is 14.9 Å². The van der Waals surface area contributed by atoms with E-state index in [1.165, 1.54) is 11.3 Å². The van der Waals surface area contributed by atoms with Crippen LogP contribution in [0, 0.1) is 0 Å².